The third-order valence-electron chi connectivity index (χ3n) is 6.90. The summed E-state index contributed by atoms with van der Waals surface area (Å²) in [4.78, 5) is 19.5. The SMILES string of the molecule is Cc1nn(CC(=O)N(C2CCCCC2)C2CCCCC2)c2nc(C(F)F)cc(C(F)F)c12. The lowest BCUT2D eigenvalue weighted by atomic mass is 9.88. The standard InChI is InChI=1S/C23H30F4N4O/c1-14-20-17(21(24)25)12-18(22(26)27)28-23(20)30(29-14)13-19(32)31(15-8-4-2-5-9-15)16-10-6-3-7-11-16/h12,15-16,21-22H,2-11,13H2,1H3. The van der Waals surface area contributed by atoms with Crippen LogP contribution >= 0.6 is 0 Å². The molecule has 0 bridgehead atoms. The number of pyridine rings is 1. The molecule has 0 aliphatic heterocycles. The van der Waals surface area contributed by atoms with Gasteiger partial charge in [-0.25, -0.2) is 27.2 Å². The molecule has 4 rings (SSSR count). The van der Waals surface area contributed by atoms with Crippen molar-refractivity contribution in [1.82, 2.24) is 19.7 Å². The summed E-state index contributed by atoms with van der Waals surface area (Å²) in [5, 5.41) is 4.33. The predicted octanol–water partition coefficient (Wildman–Crippen LogP) is 6.11. The number of carbonyl (C=O) groups is 1. The van der Waals surface area contributed by atoms with E-state index in [1.54, 1.807) is 6.92 Å². The van der Waals surface area contributed by atoms with Crippen LogP contribution in [0.3, 0.4) is 0 Å². The molecule has 2 aliphatic rings. The lowest BCUT2D eigenvalue weighted by Crippen LogP contribution is -2.50. The van der Waals surface area contributed by atoms with E-state index in [1.165, 1.54) is 17.5 Å². The Morgan fingerprint density at radius 1 is 1.00 bits per heavy atom. The molecule has 0 spiro atoms. The van der Waals surface area contributed by atoms with Gasteiger partial charge in [-0.15, -0.1) is 0 Å². The first-order valence-electron chi connectivity index (χ1n) is 11.6. The molecule has 5 nitrogen and oxygen atoms in total. The van der Waals surface area contributed by atoms with Gasteiger partial charge in [0.25, 0.3) is 12.9 Å². The van der Waals surface area contributed by atoms with Gasteiger partial charge in [-0.05, 0) is 38.7 Å². The maximum Gasteiger partial charge on any atom is 0.280 e. The molecule has 0 aromatic carbocycles. The van der Waals surface area contributed by atoms with Crippen LogP contribution in [0.4, 0.5) is 17.6 Å². The Balaban J connectivity index is 1.69. The van der Waals surface area contributed by atoms with E-state index in [0.717, 1.165) is 57.4 Å². The van der Waals surface area contributed by atoms with Crippen LogP contribution in [-0.2, 0) is 11.3 Å². The van der Waals surface area contributed by atoms with Crippen LogP contribution in [0, 0.1) is 6.92 Å². The Morgan fingerprint density at radius 3 is 2.06 bits per heavy atom. The number of carbonyl (C=O) groups excluding carboxylic acids is 1. The van der Waals surface area contributed by atoms with Gasteiger partial charge in [-0.1, -0.05) is 38.5 Å². The van der Waals surface area contributed by atoms with E-state index in [9.17, 15) is 22.4 Å². The fraction of sp³-hybridized carbons (Fsp3) is 0.696. The number of amides is 1. The molecule has 2 fully saturated rings. The molecule has 2 heterocycles. The topological polar surface area (TPSA) is 51.0 Å². The number of nitrogens with zero attached hydrogens (tertiary/aromatic N) is 4. The quantitative estimate of drug-likeness (QED) is 0.495. The first-order valence-corrected chi connectivity index (χ1v) is 11.6. The molecule has 1 amide bonds. The van der Waals surface area contributed by atoms with E-state index in [0.29, 0.717) is 0 Å². The Labute approximate surface area is 185 Å². The van der Waals surface area contributed by atoms with Crippen LogP contribution in [0.2, 0.25) is 0 Å². The average Bonchev–Trinajstić information content (AvgIpc) is 3.09. The smallest absolute Gasteiger partial charge is 0.280 e. The maximum absolute atomic E-state index is 13.6. The normalized spacial score (nSPS) is 18.7. The first-order chi connectivity index (χ1) is 15.4. The van der Waals surface area contributed by atoms with Crippen LogP contribution in [0.15, 0.2) is 6.07 Å². The van der Waals surface area contributed by atoms with Gasteiger partial charge in [-0.2, -0.15) is 5.10 Å². The summed E-state index contributed by atoms with van der Waals surface area (Å²) in [6, 6.07) is 1.08. The molecule has 2 saturated carbocycles. The van der Waals surface area contributed by atoms with Crippen molar-refractivity contribution >= 4 is 16.9 Å². The number of halogens is 4. The van der Waals surface area contributed by atoms with E-state index in [2.05, 4.69) is 10.1 Å². The summed E-state index contributed by atoms with van der Waals surface area (Å²) in [5.41, 5.74) is -1.05. The molecule has 32 heavy (non-hydrogen) atoms. The Bertz CT molecular complexity index is 931. The second kappa shape index (κ2) is 9.75. The minimum Gasteiger partial charge on any atom is -0.335 e. The minimum absolute atomic E-state index is 0.0547. The molecule has 0 unspecified atom stereocenters. The predicted molar refractivity (Wildman–Crippen MR) is 113 cm³/mol. The zero-order valence-corrected chi connectivity index (χ0v) is 18.4. The van der Waals surface area contributed by atoms with Crippen molar-refractivity contribution in [3.63, 3.8) is 0 Å². The van der Waals surface area contributed by atoms with E-state index < -0.39 is 24.1 Å². The second-order valence-corrected chi connectivity index (χ2v) is 9.06. The number of alkyl halides is 4. The average molecular weight is 455 g/mol. The van der Waals surface area contributed by atoms with Crippen molar-refractivity contribution in [2.45, 2.75) is 103 Å². The van der Waals surface area contributed by atoms with Crippen molar-refractivity contribution in [3.8, 4) is 0 Å². The highest BCUT2D eigenvalue weighted by atomic mass is 19.3. The minimum atomic E-state index is -2.99. The molecule has 0 N–H and O–H groups in total. The van der Waals surface area contributed by atoms with Gasteiger partial charge >= 0.3 is 0 Å². The molecule has 2 aromatic heterocycles. The fourth-order valence-corrected chi connectivity index (χ4v) is 5.43. The van der Waals surface area contributed by atoms with Gasteiger partial charge in [0.2, 0.25) is 5.91 Å². The van der Waals surface area contributed by atoms with Gasteiger partial charge in [0.05, 0.1) is 11.1 Å². The highest BCUT2D eigenvalue weighted by molar-refractivity contribution is 5.85. The summed E-state index contributed by atoms with van der Waals surface area (Å²) >= 11 is 0. The number of aromatic nitrogens is 3. The number of rotatable bonds is 6. The summed E-state index contributed by atoms with van der Waals surface area (Å²) < 4.78 is 55.2. The fourth-order valence-electron chi connectivity index (χ4n) is 5.43. The second-order valence-electron chi connectivity index (χ2n) is 9.06. The van der Waals surface area contributed by atoms with Crippen LogP contribution in [0.1, 0.15) is 94.0 Å². The van der Waals surface area contributed by atoms with Crippen molar-refractivity contribution in [2.75, 3.05) is 0 Å². The van der Waals surface area contributed by atoms with Crippen LogP contribution in [-0.4, -0.2) is 37.7 Å². The summed E-state index contributed by atoms with van der Waals surface area (Å²) in [6.45, 7) is 1.36. The molecular weight excluding hydrogens is 424 g/mol. The zero-order chi connectivity index (χ0) is 22.8. The number of fused-ring (bicyclic) bond motifs is 1. The lowest BCUT2D eigenvalue weighted by molar-refractivity contribution is -0.138. The summed E-state index contributed by atoms with van der Waals surface area (Å²) in [5.74, 6) is -0.129. The van der Waals surface area contributed by atoms with E-state index in [4.69, 9.17) is 0 Å². The molecule has 2 aromatic rings. The van der Waals surface area contributed by atoms with Gasteiger partial charge in [0, 0.05) is 17.6 Å². The Kier molecular flexibility index (Phi) is 7.00. The highest BCUT2D eigenvalue weighted by Crippen LogP contribution is 2.34. The molecular formula is C23H30F4N4O. The third-order valence-corrected chi connectivity index (χ3v) is 6.90. The monoisotopic (exact) mass is 454 g/mol. The lowest BCUT2D eigenvalue weighted by Gasteiger charge is -2.41. The number of hydrogen-bond donors (Lipinski definition) is 0. The van der Waals surface area contributed by atoms with Gasteiger partial charge < -0.3 is 4.90 Å². The van der Waals surface area contributed by atoms with E-state index in [-0.39, 0.29) is 41.3 Å². The zero-order valence-electron chi connectivity index (χ0n) is 18.4. The Morgan fingerprint density at radius 2 is 1.56 bits per heavy atom. The summed E-state index contributed by atoms with van der Waals surface area (Å²) in [7, 11) is 0. The first kappa shape index (κ1) is 23.0. The molecule has 0 radical (unpaired) electrons. The third kappa shape index (κ3) is 4.62. The Hall–Kier alpha value is -2.19. The van der Waals surface area contributed by atoms with Gasteiger partial charge in [0.1, 0.15) is 12.2 Å². The number of hydrogen-bond acceptors (Lipinski definition) is 3. The van der Waals surface area contributed by atoms with Crippen LogP contribution in [0.5, 0.6) is 0 Å². The van der Waals surface area contributed by atoms with E-state index >= 15 is 0 Å². The molecule has 176 valence electrons. The van der Waals surface area contributed by atoms with Crippen molar-refractivity contribution < 1.29 is 22.4 Å². The summed E-state index contributed by atoms with van der Waals surface area (Å²) in [6.07, 6.45) is 4.60. The van der Waals surface area contributed by atoms with Crippen molar-refractivity contribution in [2.24, 2.45) is 0 Å². The highest BCUT2D eigenvalue weighted by Gasteiger charge is 2.33. The molecule has 9 heteroatoms. The van der Waals surface area contributed by atoms with E-state index in [1.807, 2.05) is 4.90 Å². The van der Waals surface area contributed by atoms with Crippen LogP contribution < -0.4 is 0 Å². The molecule has 2 aliphatic carbocycles. The largest absolute Gasteiger partial charge is 0.335 e. The van der Waals surface area contributed by atoms with Crippen molar-refractivity contribution in [1.29, 1.82) is 0 Å². The maximum atomic E-state index is 13.6. The molecule has 0 atom stereocenters. The molecule has 0 saturated heterocycles. The van der Waals surface area contributed by atoms with Crippen LogP contribution in [0.25, 0.3) is 11.0 Å². The number of aryl methyl sites for hydroxylation is 1. The van der Waals surface area contributed by atoms with Crippen molar-refractivity contribution in [3.05, 3.63) is 23.0 Å². The van der Waals surface area contributed by atoms with Gasteiger partial charge in [0.15, 0.2) is 5.65 Å². The van der Waals surface area contributed by atoms with Gasteiger partial charge in [-0.3, -0.25) is 4.79 Å².